The Hall–Kier alpha value is -3.32. The Labute approximate surface area is 194 Å². The summed E-state index contributed by atoms with van der Waals surface area (Å²) in [5, 5.41) is 0. The smallest absolute Gasteiger partial charge is 0.175 e. The van der Waals surface area contributed by atoms with Crippen molar-refractivity contribution in [3.63, 3.8) is 0 Å². The number of rotatable bonds is 4. The molecule has 0 spiro atoms. The quantitative estimate of drug-likeness (QED) is 0.416. The number of imidazole rings is 1. The van der Waals surface area contributed by atoms with Crippen LogP contribution in [0.2, 0.25) is 0 Å². The maximum absolute atomic E-state index is 11.8. The molecule has 7 heteroatoms. The minimum absolute atomic E-state index is 0.300. The predicted octanol–water partition coefficient (Wildman–Crippen LogP) is 5.28. The molecule has 4 heterocycles. The van der Waals surface area contributed by atoms with Crippen molar-refractivity contribution in [2.45, 2.75) is 44.0 Å². The highest BCUT2D eigenvalue weighted by atomic mass is 32.2. The van der Waals surface area contributed by atoms with Crippen LogP contribution in [0.1, 0.15) is 37.3 Å². The van der Waals surface area contributed by atoms with Crippen LogP contribution in [0.15, 0.2) is 65.7 Å². The lowest BCUT2D eigenvalue weighted by molar-refractivity contribution is 0.429. The lowest BCUT2D eigenvalue weighted by Crippen LogP contribution is -2.16. The average molecular weight is 459 g/mol. The standard InChI is InChI=1S/C26H26N4O2S/c1-17-6-4-8-22(28-17)25-26(30-18(2)7-5-9-24(30)29-25)20-14-15-27-23(16-20)19-10-12-21(13-11-19)33(3,31)32/h4,6,8,10-16,18H,5,7,9H2,1-3H3/t18-/m1/s1. The van der Waals surface area contributed by atoms with Crippen LogP contribution in [-0.2, 0) is 16.3 Å². The Kier molecular flexibility index (Phi) is 5.37. The maximum Gasteiger partial charge on any atom is 0.175 e. The van der Waals surface area contributed by atoms with Crippen LogP contribution in [0, 0.1) is 6.92 Å². The summed E-state index contributed by atoms with van der Waals surface area (Å²) < 4.78 is 26.0. The number of sulfone groups is 1. The monoisotopic (exact) mass is 458 g/mol. The fraction of sp³-hybridized carbons (Fsp3) is 0.269. The largest absolute Gasteiger partial charge is 0.325 e. The van der Waals surface area contributed by atoms with Gasteiger partial charge in [-0.25, -0.2) is 13.4 Å². The maximum atomic E-state index is 11.8. The topological polar surface area (TPSA) is 77.7 Å². The van der Waals surface area contributed by atoms with Crippen molar-refractivity contribution in [2.24, 2.45) is 0 Å². The third-order valence-electron chi connectivity index (χ3n) is 6.19. The Morgan fingerprint density at radius 1 is 0.970 bits per heavy atom. The van der Waals surface area contributed by atoms with Gasteiger partial charge in [0, 0.05) is 41.7 Å². The molecule has 0 saturated heterocycles. The molecule has 168 valence electrons. The summed E-state index contributed by atoms with van der Waals surface area (Å²) in [5.41, 5.74) is 6.46. The van der Waals surface area contributed by atoms with Crippen LogP contribution in [0.3, 0.4) is 0 Å². The molecule has 0 saturated carbocycles. The Morgan fingerprint density at radius 3 is 2.48 bits per heavy atom. The van der Waals surface area contributed by atoms with E-state index in [1.54, 1.807) is 30.5 Å². The molecule has 0 amide bonds. The fourth-order valence-electron chi connectivity index (χ4n) is 4.55. The molecule has 0 radical (unpaired) electrons. The summed E-state index contributed by atoms with van der Waals surface area (Å²) in [6, 6.07) is 17.3. The zero-order valence-corrected chi connectivity index (χ0v) is 19.8. The summed E-state index contributed by atoms with van der Waals surface area (Å²) >= 11 is 0. The van der Waals surface area contributed by atoms with E-state index in [0.717, 1.165) is 64.7 Å². The number of nitrogens with zero attached hydrogens (tertiary/aromatic N) is 4. The fourth-order valence-corrected chi connectivity index (χ4v) is 5.18. The molecule has 6 nitrogen and oxygen atoms in total. The summed E-state index contributed by atoms with van der Waals surface area (Å²) in [6.07, 6.45) is 6.21. The first-order chi connectivity index (χ1) is 15.8. The van der Waals surface area contributed by atoms with Crippen molar-refractivity contribution < 1.29 is 8.42 Å². The summed E-state index contributed by atoms with van der Waals surface area (Å²) in [5.74, 6) is 1.10. The number of hydrogen-bond donors (Lipinski definition) is 0. The van der Waals surface area contributed by atoms with Gasteiger partial charge in [0.2, 0.25) is 0 Å². The van der Waals surface area contributed by atoms with Gasteiger partial charge in [-0.15, -0.1) is 0 Å². The summed E-state index contributed by atoms with van der Waals surface area (Å²) in [4.78, 5) is 14.7. The number of benzene rings is 1. The number of pyridine rings is 2. The molecule has 1 aliphatic rings. The number of fused-ring (bicyclic) bond motifs is 1. The van der Waals surface area contributed by atoms with Crippen LogP contribution < -0.4 is 0 Å². The van der Waals surface area contributed by atoms with E-state index in [0.29, 0.717) is 10.9 Å². The third-order valence-corrected chi connectivity index (χ3v) is 7.32. The lowest BCUT2D eigenvalue weighted by Gasteiger charge is -2.24. The molecule has 33 heavy (non-hydrogen) atoms. The first-order valence-corrected chi connectivity index (χ1v) is 13.0. The van der Waals surface area contributed by atoms with Gasteiger partial charge in [-0.2, -0.15) is 0 Å². The first-order valence-electron chi connectivity index (χ1n) is 11.1. The van der Waals surface area contributed by atoms with Crippen LogP contribution in [-0.4, -0.2) is 34.2 Å². The third kappa shape index (κ3) is 4.09. The van der Waals surface area contributed by atoms with Gasteiger partial charge in [-0.05, 0) is 63.1 Å². The molecule has 1 aliphatic heterocycles. The highest BCUT2D eigenvalue weighted by molar-refractivity contribution is 7.90. The van der Waals surface area contributed by atoms with E-state index < -0.39 is 9.84 Å². The van der Waals surface area contributed by atoms with Crippen LogP contribution in [0.5, 0.6) is 0 Å². The zero-order valence-electron chi connectivity index (χ0n) is 19.0. The number of aryl methyl sites for hydroxylation is 2. The normalized spacial score (nSPS) is 15.9. The lowest BCUT2D eigenvalue weighted by atomic mass is 10.0. The van der Waals surface area contributed by atoms with E-state index in [1.165, 1.54) is 6.26 Å². The molecule has 5 rings (SSSR count). The molecule has 1 aromatic carbocycles. The molecule has 0 fully saturated rings. The van der Waals surface area contributed by atoms with Gasteiger partial charge in [0.05, 0.1) is 22.0 Å². The number of aromatic nitrogens is 4. The second-order valence-electron chi connectivity index (χ2n) is 8.73. The molecule has 0 N–H and O–H groups in total. The highest BCUT2D eigenvalue weighted by Gasteiger charge is 2.26. The second kappa shape index (κ2) is 8.23. The van der Waals surface area contributed by atoms with Gasteiger partial charge in [0.1, 0.15) is 11.5 Å². The Balaban J connectivity index is 1.66. The molecule has 4 aromatic rings. The van der Waals surface area contributed by atoms with E-state index in [4.69, 9.17) is 9.97 Å². The minimum atomic E-state index is -3.24. The SMILES string of the molecule is Cc1cccc(-c2nc3n(c2-c2ccnc(-c4ccc(S(C)(=O)=O)cc4)c2)[C@H](C)CCC3)n1. The van der Waals surface area contributed by atoms with Crippen molar-refractivity contribution >= 4 is 9.84 Å². The van der Waals surface area contributed by atoms with E-state index in [9.17, 15) is 8.42 Å². The Bertz CT molecular complexity index is 1440. The zero-order chi connectivity index (χ0) is 23.2. The molecular weight excluding hydrogens is 432 g/mol. The van der Waals surface area contributed by atoms with E-state index >= 15 is 0 Å². The first kappa shape index (κ1) is 21.5. The van der Waals surface area contributed by atoms with Gasteiger partial charge in [-0.1, -0.05) is 18.2 Å². The van der Waals surface area contributed by atoms with Crippen molar-refractivity contribution in [3.05, 3.63) is 72.3 Å². The molecule has 0 bridgehead atoms. The van der Waals surface area contributed by atoms with Gasteiger partial charge in [0.25, 0.3) is 0 Å². The summed E-state index contributed by atoms with van der Waals surface area (Å²) in [6.45, 7) is 4.24. The van der Waals surface area contributed by atoms with Crippen LogP contribution in [0.25, 0.3) is 33.9 Å². The van der Waals surface area contributed by atoms with Gasteiger partial charge in [-0.3, -0.25) is 9.97 Å². The molecular formula is C26H26N4O2S. The van der Waals surface area contributed by atoms with Crippen LogP contribution >= 0.6 is 0 Å². The Morgan fingerprint density at radius 2 is 1.76 bits per heavy atom. The highest BCUT2D eigenvalue weighted by Crippen LogP contribution is 2.39. The van der Waals surface area contributed by atoms with Crippen LogP contribution in [0.4, 0.5) is 0 Å². The minimum Gasteiger partial charge on any atom is -0.325 e. The molecule has 1 atom stereocenters. The van der Waals surface area contributed by atoms with Crippen molar-refractivity contribution in [1.82, 2.24) is 19.5 Å². The van der Waals surface area contributed by atoms with E-state index in [-0.39, 0.29) is 0 Å². The van der Waals surface area contributed by atoms with Crippen molar-refractivity contribution in [3.8, 4) is 33.9 Å². The number of hydrogen-bond acceptors (Lipinski definition) is 5. The van der Waals surface area contributed by atoms with E-state index in [1.807, 2.05) is 31.2 Å². The van der Waals surface area contributed by atoms with Crippen molar-refractivity contribution in [1.29, 1.82) is 0 Å². The van der Waals surface area contributed by atoms with Crippen molar-refractivity contribution in [2.75, 3.05) is 6.26 Å². The second-order valence-corrected chi connectivity index (χ2v) is 10.7. The molecule has 0 aliphatic carbocycles. The average Bonchev–Trinajstić information content (AvgIpc) is 3.20. The molecule has 3 aromatic heterocycles. The predicted molar refractivity (Wildman–Crippen MR) is 130 cm³/mol. The van der Waals surface area contributed by atoms with Gasteiger partial charge in [0.15, 0.2) is 9.84 Å². The molecule has 0 unspecified atom stereocenters. The van der Waals surface area contributed by atoms with E-state index in [2.05, 4.69) is 22.5 Å². The summed E-state index contributed by atoms with van der Waals surface area (Å²) in [7, 11) is -3.24. The van der Waals surface area contributed by atoms with Gasteiger partial charge >= 0.3 is 0 Å². The van der Waals surface area contributed by atoms with Gasteiger partial charge < -0.3 is 4.57 Å².